The van der Waals surface area contributed by atoms with Crippen LogP contribution in [0.2, 0.25) is 5.02 Å². The molecular weight excluding hydrogens is 215 g/mol. The van der Waals surface area contributed by atoms with Crippen molar-refractivity contribution in [2.45, 2.75) is 18.9 Å². The zero-order valence-electron chi connectivity index (χ0n) is 7.18. The molecule has 0 amide bonds. The van der Waals surface area contributed by atoms with Gasteiger partial charge in [0, 0.05) is 12.5 Å². The largest absolute Gasteiger partial charge is 0.324 e. The van der Waals surface area contributed by atoms with Crippen LogP contribution in [-0.2, 0) is 0 Å². The van der Waals surface area contributed by atoms with Crippen LogP contribution < -0.4 is 5.73 Å². The van der Waals surface area contributed by atoms with Crippen LogP contribution in [0, 0.1) is 5.82 Å². The minimum atomic E-state index is -2.50. The van der Waals surface area contributed by atoms with Crippen molar-refractivity contribution >= 4 is 11.6 Å². The average Bonchev–Trinajstić information content (AvgIpc) is 2.08. The minimum absolute atomic E-state index is 0.0435. The van der Waals surface area contributed by atoms with E-state index in [9.17, 15) is 13.2 Å². The lowest BCUT2D eigenvalue weighted by molar-refractivity contribution is 0.128. The van der Waals surface area contributed by atoms with Gasteiger partial charge >= 0.3 is 0 Å². The highest BCUT2D eigenvalue weighted by Crippen LogP contribution is 2.22. The van der Waals surface area contributed by atoms with E-state index in [-0.39, 0.29) is 5.02 Å². The highest BCUT2D eigenvalue weighted by atomic mass is 35.5. The fraction of sp³-hybridized carbons (Fsp3) is 0.333. The number of halogens is 4. The fourth-order valence-corrected chi connectivity index (χ4v) is 1.19. The molecule has 0 aromatic heterocycles. The van der Waals surface area contributed by atoms with Crippen molar-refractivity contribution in [3.05, 3.63) is 34.6 Å². The van der Waals surface area contributed by atoms with E-state index < -0.39 is 24.7 Å². The van der Waals surface area contributed by atoms with Crippen LogP contribution in [0.15, 0.2) is 18.2 Å². The van der Waals surface area contributed by atoms with E-state index in [2.05, 4.69) is 0 Å². The van der Waals surface area contributed by atoms with Gasteiger partial charge in [-0.25, -0.2) is 13.2 Å². The number of alkyl halides is 2. The fourth-order valence-electron chi connectivity index (χ4n) is 1.07. The van der Waals surface area contributed by atoms with Crippen molar-refractivity contribution in [3.8, 4) is 0 Å². The summed E-state index contributed by atoms with van der Waals surface area (Å²) in [4.78, 5) is 0. The van der Waals surface area contributed by atoms with Gasteiger partial charge in [-0.1, -0.05) is 17.7 Å². The highest BCUT2D eigenvalue weighted by molar-refractivity contribution is 6.30. The average molecular weight is 224 g/mol. The van der Waals surface area contributed by atoms with Gasteiger partial charge in [-0.2, -0.15) is 0 Å². The third-order valence-electron chi connectivity index (χ3n) is 1.80. The molecule has 0 spiro atoms. The Balaban J connectivity index is 2.80. The summed E-state index contributed by atoms with van der Waals surface area (Å²) in [6, 6.07) is 2.97. The summed E-state index contributed by atoms with van der Waals surface area (Å²) in [6.45, 7) is 0. The molecule has 5 heteroatoms. The Kier molecular flexibility index (Phi) is 3.77. The second-order valence-electron chi connectivity index (χ2n) is 2.91. The van der Waals surface area contributed by atoms with Gasteiger partial charge in [-0.05, 0) is 17.7 Å². The monoisotopic (exact) mass is 223 g/mol. The molecule has 78 valence electrons. The lowest BCUT2D eigenvalue weighted by Crippen LogP contribution is -2.14. The van der Waals surface area contributed by atoms with Crippen LogP contribution in [0.1, 0.15) is 18.0 Å². The number of benzene rings is 1. The molecule has 0 fully saturated rings. The SMILES string of the molecule is N[C@H](CC(F)F)c1ccc(Cl)c(F)c1. The van der Waals surface area contributed by atoms with Gasteiger partial charge in [0.2, 0.25) is 6.43 Å². The van der Waals surface area contributed by atoms with Gasteiger partial charge in [0.1, 0.15) is 5.82 Å². The summed E-state index contributed by atoms with van der Waals surface area (Å²) in [5.74, 6) is -0.645. The molecule has 0 aliphatic rings. The molecule has 0 saturated carbocycles. The number of nitrogens with two attached hydrogens (primary N) is 1. The molecule has 2 N–H and O–H groups in total. The molecule has 0 radical (unpaired) electrons. The standard InChI is InChI=1S/C9H9ClF3N/c10-6-2-1-5(3-7(6)11)8(14)4-9(12)13/h1-3,8-9H,4,14H2/t8-/m1/s1. The van der Waals surface area contributed by atoms with Crippen molar-refractivity contribution in [2.75, 3.05) is 0 Å². The predicted molar refractivity (Wildman–Crippen MR) is 49.0 cm³/mol. The normalized spacial score (nSPS) is 13.3. The van der Waals surface area contributed by atoms with Crippen molar-refractivity contribution < 1.29 is 13.2 Å². The Bertz CT molecular complexity index is 317. The summed E-state index contributed by atoms with van der Waals surface area (Å²) >= 11 is 5.43. The zero-order valence-corrected chi connectivity index (χ0v) is 7.94. The van der Waals surface area contributed by atoms with E-state index in [0.717, 1.165) is 6.07 Å². The van der Waals surface area contributed by atoms with E-state index in [1.807, 2.05) is 0 Å². The maximum Gasteiger partial charge on any atom is 0.240 e. The van der Waals surface area contributed by atoms with Crippen LogP contribution in [0.25, 0.3) is 0 Å². The van der Waals surface area contributed by atoms with E-state index >= 15 is 0 Å². The van der Waals surface area contributed by atoms with Gasteiger partial charge in [0.05, 0.1) is 5.02 Å². The molecule has 1 atom stereocenters. The Labute approximate surface area is 84.7 Å². The van der Waals surface area contributed by atoms with Crippen LogP contribution >= 0.6 is 11.6 Å². The summed E-state index contributed by atoms with van der Waals surface area (Å²) in [5, 5.41) is -0.0435. The van der Waals surface area contributed by atoms with Crippen molar-refractivity contribution in [1.82, 2.24) is 0 Å². The number of hydrogen-bond donors (Lipinski definition) is 1. The molecule has 1 aromatic rings. The van der Waals surface area contributed by atoms with Gasteiger partial charge < -0.3 is 5.73 Å². The molecule has 1 nitrogen and oxygen atoms in total. The summed E-state index contributed by atoms with van der Waals surface area (Å²) < 4.78 is 36.8. The first kappa shape index (κ1) is 11.3. The maximum atomic E-state index is 12.9. The molecule has 14 heavy (non-hydrogen) atoms. The molecule has 0 unspecified atom stereocenters. The molecule has 1 rings (SSSR count). The van der Waals surface area contributed by atoms with Crippen LogP contribution in [0.5, 0.6) is 0 Å². The molecule has 0 saturated heterocycles. The van der Waals surface area contributed by atoms with Gasteiger partial charge in [-0.15, -0.1) is 0 Å². The molecule has 0 aliphatic heterocycles. The summed E-state index contributed by atoms with van der Waals surface area (Å²) in [5.41, 5.74) is 5.75. The van der Waals surface area contributed by atoms with Gasteiger partial charge in [0.25, 0.3) is 0 Å². The summed E-state index contributed by atoms with van der Waals surface area (Å²) in [7, 11) is 0. The van der Waals surface area contributed by atoms with E-state index in [1.165, 1.54) is 12.1 Å². The lowest BCUT2D eigenvalue weighted by Gasteiger charge is -2.11. The topological polar surface area (TPSA) is 26.0 Å². The van der Waals surface area contributed by atoms with Crippen molar-refractivity contribution in [1.29, 1.82) is 0 Å². The second-order valence-corrected chi connectivity index (χ2v) is 3.31. The van der Waals surface area contributed by atoms with Gasteiger partial charge in [0.15, 0.2) is 0 Å². The Morgan fingerprint density at radius 2 is 2.00 bits per heavy atom. The number of rotatable bonds is 3. The Hall–Kier alpha value is -0.740. The summed E-state index contributed by atoms with van der Waals surface area (Å²) in [6.07, 6.45) is -2.98. The molecule has 0 bridgehead atoms. The third kappa shape index (κ3) is 2.89. The van der Waals surface area contributed by atoms with E-state index in [0.29, 0.717) is 5.56 Å². The Morgan fingerprint density at radius 3 is 2.50 bits per heavy atom. The molecule has 0 aliphatic carbocycles. The quantitative estimate of drug-likeness (QED) is 0.837. The smallest absolute Gasteiger partial charge is 0.240 e. The third-order valence-corrected chi connectivity index (χ3v) is 2.11. The highest BCUT2D eigenvalue weighted by Gasteiger charge is 2.14. The molecule has 1 aromatic carbocycles. The van der Waals surface area contributed by atoms with Crippen molar-refractivity contribution in [3.63, 3.8) is 0 Å². The first-order valence-electron chi connectivity index (χ1n) is 3.99. The second kappa shape index (κ2) is 4.66. The molecular formula is C9H9ClF3N. The van der Waals surface area contributed by atoms with Gasteiger partial charge in [-0.3, -0.25) is 0 Å². The Morgan fingerprint density at radius 1 is 1.36 bits per heavy atom. The number of hydrogen-bond acceptors (Lipinski definition) is 1. The van der Waals surface area contributed by atoms with Crippen LogP contribution in [0.3, 0.4) is 0 Å². The maximum absolute atomic E-state index is 12.9. The van der Waals surface area contributed by atoms with Crippen LogP contribution in [0.4, 0.5) is 13.2 Å². The first-order chi connectivity index (χ1) is 6.50. The predicted octanol–water partition coefficient (Wildman–Crippen LogP) is 3.13. The van der Waals surface area contributed by atoms with E-state index in [1.54, 1.807) is 0 Å². The van der Waals surface area contributed by atoms with E-state index in [4.69, 9.17) is 17.3 Å². The minimum Gasteiger partial charge on any atom is -0.324 e. The van der Waals surface area contributed by atoms with Crippen LogP contribution in [-0.4, -0.2) is 6.43 Å². The van der Waals surface area contributed by atoms with Crippen molar-refractivity contribution in [2.24, 2.45) is 5.73 Å². The zero-order chi connectivity index (χ0) is 10.7. The molecule has 0 heterocycles. The first-order valence-corrected chi connectivity index (χ1v) is 4.37. The lowest BCUT2D eigenvalue weighted by atomic mass is 10.1.